The van der Waals surface area contributed by atoms with Crippen LogP contribution in [0.2, 0.25) is 5.02 Å². The third-order valence-corrected chi connectivity index (χ3v) is 3.69. The van der Waals surface area contributed by atoms with Crippen LogP contribution in [0.4, 0.5) is 4.79 Å². The van der Waals surface area contributed by atoms with Crippen LogP contribution >= 0.6 is 11.6 Å². The van der Waals surface area contributed by atoms with Gasteiger partial charge in [-0.15, -0.1) is 0 Å². The Morgan fingerprint density at radius 3 is 2.33 bits per heavy atom. The van der Waals surface area contributed by atoms with Crippen LogP contribution in [0, 0.1) is 5.92 Å². The van der Waals surface area contributed by atoms with Crippen LogP contribution in [-0.2, 0) is 9.47 Å². The largest absolute Gasteiger partial charge is 0.444 e. The van der Waals surface area contributed by atoms with Gasteiger partial charge in [-0.1, -0.05) is 23.7 Å². The summed E-state index contributed by atoms with van der Waals surface area (Å²) in [4.78, 5) is 13.6. The highest BCUT2D eigenvalue weighted by atomic mass is 35.5. The Bertz CT molecular complexity index is 489. The standard InChI is InChI=1S/C16H22ClNO3/c1-16(2,3)21-15(19)18-9-12(10-18)14(20-4)11-5-7-13(17)8-6-11/h5-8,12,14H,9-10H2,1-4H3. The average molecular weight is 312 g/mol. The van der Waals surface area contributed by atoms with Crippen molar-refractivity contribution < 1.29 is 14.3 Å². The lowest BCUT2D eigenvalue weighted by Crippen LogP contribution is -2.53. The Labute approximate surface area is 131 Å². The minimum Gasteiger partial charge on any atom is -0.444 e. The smallest absolute Gasteiger partial charge is 0.410 e. The summed E-state index contributed by atoms with van der Waals surface area (Å²) < 4.78 is 10.9. The molecule has 4 nitrogen and oxygen atoms in total. The van der Waals surface area contributed by atoms with Gasteiger partial charge >= 0.3 is 6.09 Å². The van der Waals surface area contributed by atoms with Gasteiger partial charge in [-0.2, -0.15) is 0 Å². The molecule has 0 N–H and O–H groups in total. The first-order valence-electron chi connectivity index (χ1n) is 7.06. The Kier molecular flexibility index (Phi) is 4.79. The van der Waals surface area contributed by atoms with Gasteiger partial charge in [0.15, 0.2) is 0 Å². The average Bonchev–Trinajstić information content (AvgIpc) is 2.32. The highest BCUT2D eigenvalue weighted by Gasteiger charge is 2.38. The van der Waals surface area contributed by atoms with Crippen LogP contribution in [0.5, 0.6) is 0 Å². The maximum absolute atomic E-state index is 11.9. The molecule has 1 saturated heterocycles. The maximum atomic E-state index is 11.9. The number of hydrogen-bond donors (Lipinski definition) is 0. The number of amides is 1. The van der Waals surface area contributed by atoms with Crippen LogP contribution in [0.1, 0.15) is 32.4 Å². The van der Waals surface area contributed by atoms with Crippen molar-refractivity contribution in [2.45, 2.75) is 32.5 Å². The minimum absolute atomic E-state index is 0.0269. The van der Waals surface area contributed by atoms with Gasteiger partial charge in [0.05, 0.1) is 6.10 Å². The van der Waals surface area contributed by atoms with E-state index >= 15 is 0 Å². The van der Waals surface area contributed by atoms with Crippen molar-refractivity contribution >= 4 is 17.7 Å². The van der Waals surface area contributed by atoms with Gasteiger partial charge in [-0.3, -0.25) is 0 Å². The molecule has 1 aliphatic heterocycles. The molecule has 1 unspecified atom stereocenters. The second-order valence-corrected chi connectivity index (χ2v) is 6.79. The third kappa shape index (κ3) is 4.11. The molecule has 0 saturated carbocycles. The highest BCUT2D eigenvalue weighted by Crippen LogP contribution is 2.33. The fourth-order valence-corrected chi connectivity index (χ4v) is 2.56. The number of halogens is 1. The second kappa shape index (κ2) is 6.24. The van der Waals surface area contributed by atoms with E-state index in [0.717, 1.165) is 5.56 Å². The van der Waals surface area contributed by atoms with E-state index in [-0.39, 0.29) is 18.1 Å². The predicted molar refractivity (Wildman–Crippen MR) is 82.5 cm³/mol. The Hall–Kier alpha value is -1.26. The molecule has 0 spiro atoms. The minimum atomic E-state index is -0.459. The number of carbonyl (C=O) groups excluding carboxylic acids is 1. The van der Waals surface area contributed by atoms with Crippen LogP contribution in [0.15, 0.2) is 24.3 Å². The molecular formula is C16H22ClNO3. The lowest BCUT2D eigenvalue weighted by molar-refractivity contribution is -0.0448. The lowest BCUT2D eigenvalue weighted by Gasteiger charge is -2.43. The highest BCUT2D eigenvalue weighted by molar-refractivity contribution is 6.30. The molecule has 1 aromatic carbocycles. The third-order valence-electron chi connectivity index (χ3n) is 3.44. The van der Waals surface area contributed by atoms with E-state index in [4.69, 9.17) is 21.1 Å². The number of ether oxygens (including phenoxy) is 2. The van der Waals surface area contributed by atoms with Crippen molar-refractivity contribution in [1.82, 2.24) is 4.90 Å². The quantitative estimate of drug-likeness (QED) is 0.850. The summed E-state index contributed by atoms with van der Waals surface area (Å²) in [5.74, 6) is 0.281. The van der Waals surface area contributed by atoms with E-state index in [9.17, 15) is 4.79 Å². The first-order valence-corrected chi connectivity index (χ1v) is 7.44. The summed E-state index contributed by atoms with van der Waals surface area (Å²) >= 11 is 5.90. The molecule has 21 heavy (non-hydrogen) atoms. The fraction of sp³-hybridized carbons (Fsp3) is 0.562. The number of carbonyl (C=O) groups is 1. The molecule has 0 aliphatic carbocycles. The van der Waals surface area contributed by atoms with E-state index < -0.39 is 5.60 Å². The van der Waals surface area contributed by atoms with Crippen molar-refractivity contribution in [2.24, 2.45) is 5.92 Å². The Morgan fingerprint density at radius 2 is 1.86 bits per heavy atom. The molecular weight excluding hydrogens is 290 g/mol. The number of likely N-dealkylation sites (tertiary alicyclic amines) is 1. The van der Waals surface area contributed by atoms with Crippen LogP contribution in [0.3, 0.4) is 0 Å². The summed E-state index contributed by atoms with van der Waals surface area (Å²) in [5.41, 5.74) is 0.620. The van der Waals surface area contributed by atoms with Crippen LogP contribution in [0.25, 0.3) is 0 Å². The molecule has 0 radical (unpaired) electrons. The predicted octanol–water partition coefficient (Wildman–Crippen LogP) is 3.89. The first kappa shape index (κ1) is 16.1. The zero-order valence-corrected chi connectivity index (χ0v) is 13.7. The molecule has 116 valence electrons. The van der Waals surface area contributed by atoms with Gasteiger partial charge in [0.25, 0.3) is 0 Å². The topological polar surface area (TPSA) is 38.8 Å². The van der Waals surface area contributed by atoms with Crippen molar-refractivity contribution in [3.05, 3.63) is 34.9 Å². The number of nitrogens with zero attached hydrogens (tertiary/aromatic N) is 1. The molecule has 1 atom stereocenters. The van der Waals surface area contributed by atoms with Crippen molar-refractivity contribution in [1.29, 1.82) is 0 Å². The monoisotopic (exact) mass is 311 g/mol. The zero-order valence-electron chi connectivity index (χ0n) is 12.9. The number of benzene rings is 1. The van der Waals surface area contributed by atoms with Crippen molar-refractivity contribution in [3.63, 3.8) is 0 Å². The summed E-state index contributed by atoms with van der Waals surface area (Å²) in [5, 5.41) is 0.706. The first-order chi connectivity index (χ1) is 9.80. The Balaban J connectivity index is 1.93. The zero-order chi connectivity index (χ0) is 15.6. The Morgan fingerprint density at radius 1 is 1.29 bits per heavy atom. The van der Waals surface area contributed by atoms with Crippen LogP contribution < -0.4 is 0 Å². The summed E-state index contributed by atoms with van der Waals surface area (Å²) in [6, 6.07) is 7.64. The van der Waals surface area contributed by atoms with E-state index in [2.05, 4.69) is 0 Å². The summed E-state index contributed by atoms with van der Waals surface area (Å²) in [7, 11) is 1.69. The summed E-state index contributed by atoms with van der Waals surface area (Å²) in [6.07, 6.45) is -0.286. The van der Waals surface area contributed by atoms with Crippen molar-refractivity contribution in [2.75, 3.05) is 20.2 Å². The molecule has 0 bridgehead atoms. The number of hydrogen-bond acceptors (Lipinski definition) is 3. The second-order valence-electron chi connectivity index (χ2n) is 6.35. The van der Waals surface area contributed by atoms with Gasteiger partial charge in [0.1, 0.15) is 5.60 Å². The van der Waals surface area contributed by atoms with E-state index in [1.54, 1.807) is 12.0 Å². The van der Waals surface area contributed by atoms with Gasteiger partial charge in [-0.05, 0) is 38.5 Å². The van der Waals surface area contributed by atoms with Crippen molar-refractivity contribution in [3.8, 4) is 0 Å². The molecule has 1 fully saturated rings. The molecule has 1 amide bonds. The maximum Gasteiger partial charge on any atom is 0.410 e. The van der Waals surface area contributed by atoms with Gasteiger partial charge in [0.2, 0.25) is 0 Å². The molecule has 1 heterocycles. The van der Waals surface area contributed by atoms with E-state index in [1.165, 1.54) is 0 Å². The molecule has 1 aliphatic rings. The summed E-state index contributed by atoms with van der Waals surface area (Å²) in [6.45, 7) is 6.90. The van der Waals surface area contributed by atoms with Gasteiger partial charge in [-0.25, -0.2) is 4.79 Å². The normalized spacial score (nSPS) is 17.3. The lowest BCUT2D eigenvalue weighted by atomic mass is 9.89. The fourth-order valence-electron chi connectivity index (χ4n) is 2.43. The van der Waals surface area contributed by atoms with Gasteiger partial charge in [0, 0.05) is 31.1 Å². The number of methoxy groups -OCH3 is 1. The number of rotatable bonds is 3. The molecule has 2 rings (SSSR count). The van der Waals surface area contributed by atoms with Gasteiger partial charge < -0.3 is 14.4 Å². The molecule has 0 aromatic heterocycles. The molecule has 1 aromatic rings. The SMILES string of the molecule is COC(c1ccc(Cl)cc1)C1CN(C(=O)OC(C)(C)C)C1. The van der Waals surface area contributed by atoms with Crippen LogP contribution in [-0.4, -0.2) is 36.8 Å². The van der Waals surface area contributed by atoms with E-state index in [1.807, 2.05) is 45.0 Å². The molecule has 5 heteroatoms. The van der Waals surface area contributed by atoms with E-state index in [0.29, 0.717) is 18.1 Å².